The summed E-state index contributed by atoms with van der Waals surface area (Å²) >= 11 is 3.42. The van der Waals surface area contributed by atoms with Crippen molar-refractivity contribution in [3.8, 4) is 5.75 Å². The third-order valence-corrected chi connectivity index (χ3v) is 5.01. The topological polar surface area (TPSA) is 9.23 Å². The van der Waals surface area contributed by atoms with Crippen LogP contribution in [0.15, 0.2) is 16.6 Å². The molecule has 0 amide bonds. The van der Waals surface area contributed by atoms with Crippen molar-refractivity contribution >= 4 is 29.2 Å². The molecule has 0 spiro atoms. The number of hydrogen-bond donors (Lipinski definition) is 0. The van der Waals surface area contributed by atoms with Gasteiger partial charge < -0.3 is 4.74 Å². The molecule has 1 nitrogen and oxygen atoms in total. The predicted octanol–water partition coefficient (Wildman–Crippen LogP) is 4.31. The van der Waals surface area contributed by atoms with Crippen LogP contribution in [0.2, 0.25) is 19.6 Å². The Kier molecular flexibility index (Phi) is 5.19. The van der Waals surface area contributed by atoms with Crippen molar-refractivity contribution in [1.29, 1.82) is 0 Å². The maximum absolute atomic E-state index is 14.3. The third kappa shape index (κ3) is 4.10. The van der Waals surface area contributed by atoms with Gasteiger partial charge in [-0.1, -0.05) is 48.9 Å². The van der Waals surface area contributed by atoms with E-state index in [1.807, 2.05) is 6.07 Å². The molecule has 0 aromatic heterocycles. The summed E-state index contributed by atoms with van der Waals surface area (Å²) in [6.45, 7) is 9.07. The monoisotopic (exact) mass is 318 g/mol. The first kappa shape index (κ1) is 14.7. The number of ether oxygens (including phenoxy) is 1. The highest BCUT2D eigenvalue weighted by molar-refractivity contribution is 9.10. The van der Waals surface area contributed by atoms with Gasteiger partial charge in [-0.2, -0.15) is 0 Å². The number of rotatable bonds is 5. The Morgan fingerprint density at radius 3 is 2.47 bits per heavy atom. The second kappa shape index (κ2) is 6.00. The van der Waals surface area contributed by atoms with E-state index < -0.39 is 8.07 Å². The molecule has 1 rings (SSSR count). The first-order chi connectivity index (χ1) is 7.86. The van der Waals surface area contributed by atoms with Gasteiger partial charge in [0.25, 0.3) is 0 Å². The Bertz CT molecular complexity index is 388. The van der Waals surface area contributed by atoms with Crippen molar-refractivity contribution in [1.82, 2.24) is 0 Å². The molecule has 1 aromatic carbocycles. The Morgan fingerprint density at radius 1 is 1.29 bits per heavy atom. The first-order valence-electron chi connectivity index (χ1n) is 5.98. The lowest BCUT2D eigenvalue weighted by atomic mass is 10.3. The summed E-state index contributed by atoms with van der Waals surface area (Å²) in [5.74, 6) is 0.203. The fraction of sp³-hybridized carbons (Fsp3) is 0.538. The minimum atomic E-state index is -1.67. The van der Waals surface area contributed by atoms with Crippen molar-refractivity contribution in [2.45, 2.75) is 39.4 Å². The molecule has 17 heavy (non-hydrogen) atoms. The lowest BCUT2D eigenvalue weighted by Crippen LogP contribution is -2.40. The van der Waals surface area contributed by atoms with Gasteiger partial charge in [0.15, 0.2) is 11.6 Å². The zero-order chi connectivity index (χ0) is 13.1. The summed E-state index contributed by atoms with van der Waals surface area (Å²) in [5, 5.41) is 0.818. The van der Waals surface area contributed by atoms with E-state index >= 15 is 0 Å². The van der Waals surface area contributed by atoms with E-state index in [0.29, 0.717) is 12.4 Å². The van der Waals surface area contributed by atoms with E-state index in [1.54, 1.807) is 6.07 Å². The summed E-state index contributed by atoms with van der Waals surface area (Å²) in [6.07, 6.45) is 2.00. The molecule has 0 saturated heterocycles. The molecule has 0 heterocycles. The molecular formula is C13H20BrFOSi. The lowest BCUT2D eigenvalue weighted by Gasteiger charge is -2.20. The van der Waals surface area contributed by atoms with Gasteiger partial charge in [-0.05, 0) is 23.7 Å². The number of unbranched alkanes of at least 4 members (excludes halogenated alkanes) is 1. The summed E-state index contributed by atoms with van der Waals surface area (Å²) in [4.78, 5) is 0. The highest BCUT2D eigenvalue weighted by Crippen LogP contribution is 2.23. The summed E-state index contributed by atoms with van der Waals surface area (Å²) in [6, 6.07) is 3.60. The molecule has 1 aromatic rings. The standard InChI is InChI=1S/C13H20BrFOSi/c1-5-6-7-16-11-8-10(14)9-12(13(11)15)17(2,3)4/h8-9H,5-7H2,1-4H3. The van der Waals surface area contributed by atoms with E-state index in [4.69, 9.17) is 4.74 Å². The number of halogens is 2. The molecule has 0 saturated carbocycles. The highest BCUT2D eigenvalue weighted by Gasteiger charge is 2.24. The van der Waals surface area contributed by atoms with Crippen LogP contribution < -0.4 is 9.92 Å². The van der Waals surface area contributed by atoms with Crippen molar-refractivity contribution in [2.75, 3.05) is 6.61 Å². The van der Waals surface area contributed by atoms with Gasteiger partial charge in [-0.25, -0.2) is 4.39 Å². The van der Waals surface area contributed by atoms with Crippen LogP contribution in [0.4, 0.5) is 4.39 Å². The quantitative estimate of drug-likeness (QED) is 0.580. The largest absolute Gasteiger partial charge is 0.490 e. The van der Waals surface area contributed by atoms with E-state index in [1.165, 1.54) is 0 Å². The van der Waals surface area contributed by atoms with Crippen LogP contribution in [-0.2, 0) is 0 Å². The highest BCUT2D eigenvalue weighted by atomic mass is 79.9. The second-order valence-electron chi connectivity index (χ2n) is 5.22. The number of benzene rings is 1. The Morgan fingerprint density at radius 2 is 1.94 bits per heavy atom. The van der Waals surface area contributed by atoms with Gasteiger partial charge in [0.2, 0.25) is 0 Å². The van der Waals surface area contributed by atoms with Crippen molar-refractivity contribution in [2.24, 2.45) is 0 Å². The molecule has 0 fully saturated rings. The Hall–Kier alpha value is -0.353. The van der Waals surface area contributed by atoms with Crippen LogP contribution in [0.5, 0.6) is 5.75 Å². The fourth-order valence-electron chi connectivity index (χ4n) is 1.54. The SMILES string of the molecule is CCCCOc1cc(Br)cc([Si](C)(C)C)c1F. The van der Waals surface area contributed by atoms with Gasteiger partial charge in [0.05, 0.1) is 14.7 Å². The van der Waals surface area contributed by atoms with Crippen LogP contribution >= 0.6 is 15.9 Å². The first-order valence-corrected chi connectivity index (χ1v) is 10.3. The molecule has 0 aliphatic heterocycles. The average Bonchev–Trinajstić information content (AvgIpc) is 2.21. The molecule has 4 heteroatoms. The number of hydrogen-bond acceptors (Lipinski definition) is 1. The predicted molar refractivity (Wildman–Crippen MR) is 77.5 cm³/mol. The van der Waals surface area contributed by atoms with E-state index in [0.717, 1.165) is 22.5 Å². The molecule has 0 aliphatic rings. The summed E-state index contributed by atoms with van der Waals surface area (Å²) < 4.78 is 20.7. The maximum Gasteiger partial charge on any atom is 0.164 e. The minimum Gasteiger partial charge on any atom is -0.490 e. The Balaban J connectivity index is 3.02. The molecule has 96 valence electrons. The molecule has 0 unspecified atom stereocenters. The Labute approximate surface area is 113 Å². The van der Waals surface area contributed by atoms with Crippen molar-refractivity contribution in [3.63, 3.8) is 0 Å². The molecular weight excluding hydrogens is 299 g/mol. The summed E-state index contributed by atoms with van der Waals surface area (Å²) in [7, 11) is -1.67. The van der Waals surface area contributed by atoms with Crippen LogP contribution in [-0.4, -0.2) is 14.7 Å². The second-order valence-corrected chi connectivity index (χ2v) is 11.2. The normalized spacial score (nSPS) is 11.6. The molecule has 0 bridgehead atoms. The minimum absolute atomic E-state index is 0.177. The summed E-state index contributed by atoms with van der Waals surface area (Å²) in [5.41, 5.74) is 0. The lowest BCUT2D eigenvalue weighted by molar-refractivity contribution is 0.295. The van der Waals surface area contributed by atoms with E-state index in [-0.39, 0.29) is 5.82 Å². The van der Waals surface area contributed by atoms with Crippen molar-refractivity contribution < 1.29 is 9.13 Å². The maximum atomic E-state index is 14.3. The fourth-order valence-corrected chi connectivity index (χ4v) is 3.56. The van der Waals surface area contributed by atoms with Gasteiger partial charge in [-0.3, -0.25) is 0 Å². The molecule has 0 atom stereocenters. The zero-order valence-corrected chi connectivity index (χ0v) is 13.5. The third-order valence-electron chi connectivity index (χ3n) is 2.57. The van der Waals surface area contributed by atoms with Crippen LogP contribution in [0, 0.1) is 5.82 Å². The van der Waals surface area contributed by atoms with Gasteiger partial charge in [0.1, 0.15) is 0 Å². The van der Waals surface area contributed by atoms with E-state index in [9.17, 15) is 4.39 Å². The molecule has 0 N–H and O–H groups in total. The zero-order valence-electron chi connectivity index (χ0n) is 10.9. The van der Waals surface area contributed by atoms with E-state index in [2.05, 4.69) is 42.5 Å². The van der Waals surface area contributed by atoms with Gasteiger partial charge >= 0.3 is 0 Å². The van der Waals surface area contributed by atoms with Gasteiger partial charge in [0, 0.05) is 4.47 Å². The molecule has 0 radical (unpaired) electrons. The smallest absolute Gasteiger partial charge is 0.164 e. The average molecular weight is 319 g/mol. The van der Waals surface area contributed by atoms with Crippen LogP contribution in [0.3, 0.4) is 0 Å². The van der Waals surface area contributed by atoms with Gasteiger partial charge in [-0.15, -0.1) is 0 Å². The molecule has 0 aliphatic carbocycles. The van der Waals surface area contributed by atoms with Crippen LogP contribution in [0.25, 0.3) is 0 Å². The van der Waals surface area contributed by atoms with Crippen molar-refractivity contribution in [3.05, 3.63) is 22.4 Å². The van der Waals surface area contributed by atoms with Crippen LogP contribution in [0.1, 0.15) is 19.8 Å².